The fourth-order valence-electron chi connectivity index (χ4n) is 1.85. The van der Waals surface area contributed by atoms with E-state index in [1.165, 1.54) is 35.9 Å². The van der Waals surface area contributed by atoms with E-state index in [0.717, 1.165) is 32.5 Å². The van der Waals surface area contributed by atoms with Crippen molar-refractivity contribution in [2.24, 2.45) is 0 Å². The highest BCUT2D eigenvalue weighted by atomic mass is 32.2. The number of thioether (sulfide) groups is 4. The van der Waals surface area contributed by atoms with E-state index in [0.29, 0.717) is 0 Å². The second-order valence-electron chi connectivity index (χ2n) is 5.00. The quantitative estimate of drug-likeness (QED) is 0.644. The van der Waals surface area contributed by atoms with Crippen LogP contribution in [0.25, 0.3) is 0 Å². The normalized spacial score (nSPS) is 34.2. The lowest BCUT2D eigenvalue weighted by Crippen LogP contribution is -2.23. The van der Waals surface area contributed by atoms with E-state index in [1.807, 2.05) is 23.5 Å². The van der Waals surface area contributed by atoms with Crippen LogP contribution in [-0.4, -0.2) is 55.5 Å². The Balaban J connectivity index is 0.000000200. The summed E-state index contributed by atoms with van der Waals surface area (Å²) in [4.78, 5) is 0. The van der Waals surface area contributed by atoms with Gasteiger partial charge in [0.1, 0.15) is 0 Å². The summed E-state index contributed by atoms with van der Waals surface area (Å²) in [6.07, 6.45) is 2.71. The van der Waals surface area contributed by atoms with Crippen molar-refractivity contribution in [3.05, 3.63) is 0 Å². The van der Waals surface area contributed by atoms with Crippen LogP contribution in [-0.2, 0) is 0 Å². The van der Waals surface area contributed by atoms with Crippen LogP contribution in [0, 0.1) is 0 Å². The molecular weight excluding hydrogens is 361 g/mol. The molecule has 0 nitrogen and oxygen atoms in total. The molecule has 2 rings (SSSR count). The minimum Gasteiger partial charge on any atom is -0.178 e. The van der Waals surface area contributed by atoms with Crippen LogP contribution in [0.15, 0.2) is 0 Å². The topological polar surface area (TPSA) is 0 Å². The SMILES string of the molecule is CCC1CSC(CC)CS1.SCC1CSC(CS)CS1. The molecule has 2 heterocycles. The summed E-state index contributed by atoms with van der Waals surface area (Å²) in [5.41, 5.74) is 0. The second-order valence-corrected chi connectivity index (χ2v) is 11.1. The van der Waals surface area contributed by atoms with E-state index < -0.39 is 0 Å². The Labute approximate surface area is 153 Å². The second kappa shape index (κ2) is 12.5. The van der Waals surface area contributed by atoms with Gasteiger partial charge in [-0.3, -0.25) is 0 Å². The lowest BCUT2D eigenvalue weighted by molar-refractivity contribution is 0.861. The summed E-state index contributed by atoms with van der Waals surface area (Å²) < 4.78 is 0. The fraction of sp³-hybridized carbons (Fsp3) is 1.00. The number of thiol groups is 2. The lowest BCUT2D eigenvalue weighted by Gasteiger charge is -2.25. The molecule has 2 aliphatic heterocycles. The van der Waals surface area contributed by atoms with Crippen molar-refractivity contribution in [2.75, 3.05) is 34.5 Å². The van der Waals surface area contributed by atoms with Gasteiger partial charge in [-0.05, 0) is 12.8 Å². The number of hydrogen-bond acceptors (Lipinski definition) is 6. The van der Waals surface area contributed by atoms with Gasteiger partial charge in [-0.25, -0.2) is 0 Å². The van der Waals surface area contributed by atoms with Gasteiger partial charge in [0.15, 0.2) is 0 Å². The summed E-state index contributed by atoms with van der Waals surface area (Å²) >= 11 is 17.0. The van der Waals surface area contributed by atoms with Gasteiger partial charge in [-0.2, -0.15) is 72.3 Å². The molecule has 0 N–H and O–H groups in total. The molecule has 4 atom stereocenters. The van der Waals surface area contributed by atoms with Gasteiger partial charge in [0.2, 0.25) is 0 Å². The molecule has 0 aromatic rings. The molecule has 2 aliphatic rings. The maximum absolute atomic E-state index is 4.27. The Morgan fingerprint density at radius 3 is 1.15 bits per heavy atom. The molecule has 0 bridgehead atoms. The molecule has 0 aliphatic carbocycles. The van der Waals surface area contributed by atoms with E-state index in [1.54, 1.807) is 0 Å². The first-order chi connectivity index (χ1) is 9.73. The molecule has 120 valence electrons. The highest BCUT2D eigenvalue weighted by molar-refractivity contribution is 8.08. The first kappa shape index (κ1) is 20.1. The third kappa shape index (κ3) is 8.09. The highest BCUT2D eigenvalue weighted by Crippen LogP contribution is 2.32. The van der Waals surface area contributed by atoms with Gasteiger partial charge in [0.05, 0.1) is 0 Å². The molecule has 0 aromatic carbocycles. The predicted octanol–water partition coefficient (Wildman–Crippen LogP) is 5.09. The zero-order chi connectivity index (χ0) is 14.8. The molecule has 0 amide bonds. The maximum Gasteiger partial charge on any atom is 0.0226 e. The standard InChI is InChI=1S/C8H16S2.C6H12S4/c1-3-7-5-10-8(4-2)6-9-7;7-1-5-3-10-6(2-8)4-9-5/h7-8H,3-6H2,1-2H3;5-8H,1-4H2. The van der Waals surface area contributed by atoms with Crippen molar-refractivity contribution >= 4 is 72.3 Å². The van der Waals surface area contributed by atoms with Crippen molar-refractivity contribution in [3.8, 4) is 0 Å². The van der Waals surface area contributed by atoms with Gasteiger partial charge in [-0.15, -0.1) is 0 Å². The molecule has 4 unspecified atom stereocenters. The summed E-state index contributed by atoms with van der Waals surface area (Å²) in [5.74, 6) is 7.35. The van der Waals surface area contributed by atoms with Crippen LogP contribution < -0.4 is 0 Å². The van der Waals surface area contributed by atoms with Crippen LogP contribution in [0.4, 0.5) is 0 Å². The van der Waals surface area contributed by atoms with Crippen molar-refractivity contribution < 1.29 is 0 Å². The summed E-state index contributed by atoms with van der Waals surface area (Å²) in [6, 6.07) is 0. The van der Waals surface area contributed by atoms with E-state index in [9.17, 15) is 0 Å². The predicted molar refractivity (Wildman–Crippen MR) is 113 cm³/mol. The minimum atomic E-state index is 0.782. The smallest absolute Gasteiger partial charge is 0.0226 e. The Morgan fingerprint density at radius 2 is 0.950 bits per heavy atom. The Bertz CT molecular complexity index is 174. The van der Waals surface area contributed by atoms with Crippen molar-refractivity contribution in [3.63, 3.8) is 0 Å². The Kier molecular flexibility index (Phi) is 12.6. The third-order valence-electron chi connectivity index (χ3n) is 3.39. The average Bonchev–Trinajstić information content (AvgIpc) is 2.55. The lowest BCUT2D eigenvalue weighted by atomic mass is 10.3. The highest BCUT2D eigenvalue weighted by Gasteiger charge is 2.20. The average molecular weight is 389 g/mol. The molecule has 0 saturated carbocycles. The van der Waals surface area contributed by atoms with Crippen LogP contribution in [0.3, 0.4) is 0 Å². The van der Waals surface area contributed by atoms with Gasteiger partial charge < -0.3 is 0 Å². The van der Waals surface area contributed by atoms with E-state index >= 15 is 0 Å². The molecule has 20 heavy (non-hydrogen) atoms. The van der Waals surface area contributed by atoms with E-state index in [-0.39, 0.29) is 0 Å². The van der Waals surface area contributed by atoms with E-state index in [2.05, 4.69) is 62.6 Å². The first-order valence-electron chi connectivity index (χ1n) is 7.41. The zero-order valence-corrected chi connectivity index (χ0v) is 17.5. The van der Waals surface area contributed by atoms with Gasteiger partial charge in [0.25, 0.3) is 0 Å². The number of hydrogen-bond donors (Lipinski definition) is 2. The van der Waals surface area contributed by atoms with E-state index in [4.69, 9.17) is 0 Å². The first-order valence-corrected chi connectivity index (χ1v) is 12.9. The molecule has 0 spiro atoms. The third-order valence-corrected chi connectivity index (χ3v) is 11.5. The Morgan fingerprint density at radius 1 is 0.650 bits per heavy atom. The molecule has 0 aromatic heterocycles. The van der Waals surface area contributed by atoms with Crippen LogP contribution in [0.1, 0.15) is 26.7 Å². The van der Waals surface area contributed by atoms with Crippen LogP contribution in [0.5, 0.6) is 0 Å². The monoisotopic (exact) mass is 388 g/mol. The molecule has 0 radical (unpaired) electrons. The van der Waals surface area contributed by atoms with Gasteiger partial charge in [0, 0.05) is 55.5 Å². The Hall–Kier alpha value is 2.10. The maximum atomic E-state index is 4.27. The van der Waals surface area contributed by atoms with Gasteiger partial charge >= 0.3 is 0 Å². The summed E-state index contributed by atoms with van der Waals surface area (Å²) in [7, 11) is 0. The van der Waals surface area contributed by atoms with Crippen molar-refractivity contribution in [1.29, 1.82) is 0 Å². The molecular formula is C14H28S6. The number of rotatable bonds is 4. The van der Waals surface area contributed by atoms with Crippen molar-refractivity contribution in [1.82, 2.24) is 0 Å². The summed E-state index contributed by atoms with van der Waals surface area (Å²) in [5, 5.41) is 3.47. The molecule has 6 heteroatoms. The summed E-state index contributed by atoms with van der Waals surface area (Å²) in [6.45, 7) is 4.59. The fourth-order valence-corrected chi connectivity index (χ4v) is 8.91. The van der Waals surface area contributed by atoms with Crippen LogP contribution >= 0.6 is 72.3 Å². The minimum absolute atomic E-state index is 0.782. The zero-order valence-electron chi connectivity index (χ0n) is 12.5. The molecule has 2 fully saturated rings. The van der Waals surface area contributed by atoms with Crippen LogP contribution in [0.2, 0.25) is 0 Å². The largest absolute Gasteiger partial charge is 0.178 e. The van der Waals surface area contributed by atoms with Gasteiger partial charge in [-0.1, -0.05) is 13.8 Å². The molecule has 2 saturated heterocycles. The van der Waals surface area contributed by atoms with Crippen molar-refractivity contribution in [2.45, 2.75) is 47.7 Å².